The SMILES string of the molecule is CC1SCC(C(=O)O)N1C(=O)c1cc2c(s1)CCCC2. The van der Waals surface area contributed by atoms with Crippen molar-refractivity contribution in [1.82, 2.24) is 4.90 Å². The van der Waals surface area contributed by atoms with Crippen LogP contribution >= 0.6 is 23.1 Å². The topological polar surface area (TPSA) is 57.6 Å². The van der Waals surface area contributed by atoms with E-state index in [0.29, 0.717) is 10.6 Å². The van der Waals surface area contributed by atoms with E-state index >= 15 is 0 Å². The summed E-state index contributed by atoms with van der Waals surface area (Å²) in [5.74, 6) is -0.543. The van der Waals surface area contributed by atoms with Crippen LogP contribution in [0.1, 0.15) is 39.9 Å². The van der Waals surface area contributed by atoms with Gasteiger partial charge in [-0.15, -0.1) is 23.1 Å². The lowest BCUT2D eigenvalue weighted by Gasteiger charge is -2.24. The smallest absolute Gasteiger partial charge is 0.327 e. The fourth-order valence-electron chi connectivity index (χ4n) is 2.86. The third-order valence-electron chi connectivity index (χ3n) is 3.95. The van der Waals surface area contributed by atoms with E-state index < -0.39 is 12.0 Å². The van der Waals surface area contributed by atoms with Crippen LogP contribution in [-0.2, 0) is 17.6 Å². The number of aliphatic carboxylic acids is 1. The van der Waals surface area contributed by atoms with E-state index in [1.54, 1.807) is 11.3 Å². The Balaban J connectivity index is 1.87. The summed E-state index contributed by atoms with van der Waals surface area (Å²) >= 11 is 3.08. The Morgan fingerprint density at radius 2 is 2.10 bits per heavy atom. The van der Waals surface area contributed by atoms with Crippen LogP contribution in [0.2, 0.25) is 0 Å². The van der Waals surface area contributed by atoms with Crippen molar-refractivity contribution in [3.63, 3.8) is 0 Å². The van der Waals surface area contributed by atoms with E-state index in [1.165, 1.54) is 39.9 Å². The maximum absolute atomic E-state index is 12.6. The van der Waals surface area contributed by atoms with Crippen LogP contribution in [0, 0.1) is 0 Å². The number of rotatable bonds is 2. The lowest BCUT2D eigenvalue weighted by atomic mass is 9.99. The fraction of sp³-hybridized carbons (Fsp3) is 0.571. The molecule has 1 amide bonds. The molecule has 1 aliphatic carbocycles. The van der Waals surface area contributed by atoms with Gasteiger partial charge in [-0.05, 0) is 44.2 Å². The number of carbonyl (C=O) groups is 2. The molecule has 2 unspecified atom stereocenters. The number of carboxylic acids is 1. The number of nitrogens with zero attached hydrogens (tertiary/aromatic N) is 1. The minimum Gasteiger partial charge on any atom is -0.480 e. The van der Waals surface area contributed by atoms with Crippen LogP contribution in [0.4, 0.5) is 0 Å². The van der Waals surface area contributed by atoms with Crippen molar-refractivity contribution in [2.45, 2.75) is 44.0 Å². The molecule has 0 spiro atoms. The van der Waals surface area contributed by atoms with E-state index in [0.717, 1.165) is 12.8 Å². The Hall–Kier alpha value is -1.01. The third-order valence-corrected chi connectivity index (χ3v) is 6.39. The number of carbonyl (C=O) groups excluding carboxylic acids is 1. The first-order valence-corrected chi connectivity index (χ1v) is 8.73. The second-order valence-electron chi connectivity index (χ2n) is 5.27. The largest absolute Gasteiger partial charge is 0.480 e. The zero-order chi connectivity index (χ0) is 14.3. The highest BCUT2D eigenvalue weighted by molar-refractivity contribution is 8.00. The Morgan fingerprint density at radius 1 is 1.35 bits per heavy atom. The van der Waals surface area contributed by atoms with Gasteiger partial charge in [-0.3, -0.25) is 4.79 Å². The lowest BCUT2D eigenvalue weighted by Crippen LogP contribution is -2.44. The second kappa shape index (κ2) is 5.41. The first-order valence-electron chi connectivity index (χ1n) is 6.86. The first-order chi connectivity index (χ1) is 9.58. The van der Waals surface area contributed by atoms with E-state index in [9.17, 15) is 14.7 Å². The average molecular weight is 311 g/mol. The molecule has 2 heterocycles. The van der Waals surface area contributed by atoms with E-state index in [1.807, 2.05) is 13.0 Å². The quantitative estimate of drug-likeness (QED) is 0.912. The summed E-state index contributed by atoms with van der Waals surface area (Å²) in [6.45, 7) is 1.90. The summed E-state index contributed by atoms with van der Waals surface area (Å²) < 4.78 is 0. The lowest BCUT2D eigenvalue weighted by molar-refractivity contribution is -0.141. The Bertz CT molecular complexity index is 531. The fourth-order valence-corrected chi connectivity index (χ4v) is 5.23. The number of amides is 1. The van der Waals surface area contributed by atoms with Gasteiger partial charge >= 0.3 is 5.97 Å². The molecule has 1 aromatic heterocycles. The highest BCUT2D eigenvalue weighted by Gasteiger charge is 2.40. The van der Waals surface area contributed by atoms with Gasteiger partial charge in [0.15, 0.2) is 0 Å². The van der Waals surface area contributed by atoms with Crippen LogP contribution in [0.3, 0.4) is 0 Å². The van der Waals surface area contributed by atoms with Crippen molar-refractivity contribution in [3.05, 3.63) is 21.4 Å². The highest BCUT2D eigenvalue weighted by atomic mass is 32.2. The first kappa shape index (κ1) is 13.9. The molecule has 1 saturated heterocycles. The molecule has 1 fully saturated rings. The van der Waals surface area contributed by atoms with Crippen LogP contribution in [0.5, 0.6) is 0 Å². The van der Waals surface area contributed by atoms with Gasteiger partial charge in [0.1, 0.15) is 6.04 Å². The average Bonchev–Trinajstić information content (AvgIpc) is 3.01. The molecule has 2 aliphatic rings. The van der Waals surface area contributed by atoms with Gasteiger partial charge in [0.05, 0.1) is 10.3 Å². The molecule has 3 rings (SSSR count). The maximum atomic E-state index is 12.6. The van der Waals surface area contributed by atoms with E-state index in [-0.39, 0.29) is 11.3 Å². The van der Waals surface area contributed by atoms with Crippen molar-refractivity contribution in [1.29, 1.82) is 0 Å². The Kier molecular flexibility index (Phi) is 3.77. The molecule has 2 atom stereocenters. The van der Waals surface area contributed by atoms with Crippen molar-refractivity contribution >= 4 is 35.0 Å². The molecule has 1 aliphatic heterocycles. The van der Waals surface area contributed by atoms with Crippen LogP contribution < -0.4 is 0 Å². The Labute approximate surface area is 126 Å². The number of hydrogen-bond donors (Lipinski definition) is 1. The van der Waals surface area contributed by atoms with Gasteiger partial charge in [0.2, 0.25) is 0 Å². The summed E-state index contributed by atoms with van der Waals surface area (Å²) in [4.78, 5) is 27.5. The van der Waals surface area contributed by atoms with Crippen molar-refractivity contribution < 1.29 is 14.7 Å². The maximum Gasteiger partial charge on any atom is 0.327 e. The summed E-state index contributed by atoms with van der Waals surface area (Å²) in [7, 11) is 0. The minimum absolute atomic E-state index is 0.0669. The molecule has 108 valence electrons. The van der Waals surface area contributed by atoms with Crippen molar-refractivity contribution in [2.24, 2.45) is 0 Å². The standard InChI is InChI=1S/C14H17NO3S2/c1-8-15(10(7-19-8)14(17)18)13(16)12-6-9-4-2-3-5-11(9)20-12/h6,8,10H,2-5,7H2,1H3,(H,17,18). The van der Waals surface area contributed by atoms with Gasteiger partial charge in [-0.2, -0.15) is 0 Å². The Morgan fingerprint density at radius 3 is 2.80 bits per heavy atom. The third kappa shape index (κ3) is 2.35. The summed E-state index contributed by atoms with van der Waals surface area (Å²) in [6, 6.07) is 1.29. The molecule has 0 radical (unpaired) electrons. The molecular weight excluding hydrogens is 294 g/mol. The molecule has 20 heavy (non-hydrogen) atoms. The number of thiophene rings is 1. The number of fused-ring (bicyclic) bond motifs is 1. The zero-order valence-corrected chi connectivity index (χ0v) is 12.9. The van der Waals surface area contributed by atoms with E-state index in [4.69, 9.17) is 0 Å². The number of carboxylic acid groups (broad SMARTS) is 1. The van der Waals surface area contributed by atoms with Gasteiger partial charge in [-0.25, -0.2) is 4.79 Å². The van der Waals surface area contributed by atoms with Crippen LogP contribution in [0.15, 0.2) is 6.07 Å². The minimum atomic E-state index is -0.906. The highest BCUT2D eigenvalue weighted by Crippen LogP contribution is 2.34. The molecule has 4 nitrogen and oxygen atoms in total. The summed E-state index contributed by atoms with van der Waals surface area (Å²) in [5, 5.41) is 9.19. The predicted octanol–water partition coefficient (Wildman–Crippen LogP) is 2.62. The second-order valence-corrected chi connectivity index (χ2v) is 7.75. The van der Waals surface area contributed by atoms with Crippen LogP contribution in [-0.4, -0.2) is 39.1 Å². The van der Waals surface area contributed by atoms with Crippen molar-refractivity contribution in [3.8, 4) is 0 Å². The van der Waals surface area contributed by atoms with Crippen molar-refractivity contribution in [2.75, 3.05) is 5.75 Å². The van der Waals surface area contributed by atoms with E-state index in [2.05, 4.69) is 0 Å². The van der Waals surface area contributed by atoms with Gasteiger partial charge in [0.25, 0.3) is 5.91 Å². The molecule has 0 saturated carbocycles. The van der Waals surface area contributed by atoms with Gasteiger partial charge in [0, 0.05) is 10.6 Å². The predicted molar refractivity (Wildman–Crippen MR) is 80.5 cm³/mol. The van der Waals surface area contributed by atoms with Gasteiger partial charge in [-0.1, -0.05) is 0 Å². The molecule has 1 N–H and O–H groups in total. The summed E-state index contributed by atoms with van der Waals surface area (Å²) in [6.07, 6.45) is 4.48. The molecule has 0 aromatic carbocycles. The zero-order valence-electron chi connectivity index (χ0n) is 11.3. The normalized spacial score (nSPS) is 25.6. The van der Waals surface area contributed by atoms with Gasteiger partial charge < -0.3 is 10.0 Å². The molecule has 0 bridgehead atoms. The monoisotopic (exact) mass is 311 g/mol. The molecular formula is C14H17NO3S2. The number of aryl methyl sites for hydroxylation is 2. The van der Waals surface area contributed by atoms with Crippen LogP contribution in [0.25, 0.3) is 0 Å². The number of thioether (sulfide) groups is 1. The number of hydrogen-bond acceptors (Lipinski definition) is 4. The molecule has 6 heteroatoms. The summed E-state index contributed by atoms with van der Waals surface area (Å²) in [5.41, 5.74) is 1.29. The molecule has 1 aromatic rings.